The van der Waals surface area contributed by atoms with Crippen molar-refractivity contribution in [3.05, 3.63) is 29.8 Å². The average molecular weight is 287 g/mol. The Morgan fingerprint density at radius 3 is 2.75 bits per heavy atom. The molecule has 20 heavy (non-hydrogen) atoms. The summed E-state index contributed by atoms with van der Waals surface area (Å²) in [6.45, 7) is 0.387. The molecule has 2 atom stereocenters. The molecule has 0 radical (unpaired) electrons. The lowest BCUT2D eigenvalue weighted by atomic mass is 9.79. The van der Waals surface area contributed by atoms with Crippen molar-refractivity contribution in [1.82, 2.24) is 0 Å². The van der Waals surface area contributed by atoms with Crippen LogP contribution in [0.1, 0.15) is 18.1 Å². The second-order valence-electron chi connectivity index (χ2n) is 4.59. The van der Waals surface area contributed by atoms with E-state index in [0.717, 1.165) is 12.1 Å². The molecule has 0 bridgehead atoms. The van der Waals surface area contributed by atoms with Crippen LogP contribution in [0.5, 0.6) is 5.75 Å². The van der Waals surface area contributed by atoms with Crippen molar-refractivity contribution >= 4 is 0 Å². The molecular formula is C13H12F3NO3. The summed E-state index contributed by atoms with van der Waals surface area (Å²) < 4.78 is 45.4. The van der Waals surface area contributed by atoms with Gasteiger partial charge in [-0.15, -0.1) is 13.2 Å². The third-order valence-electron chi connectivity index (χ3n) is 3.21. The molecule has 1 aromatic rings. The SMILES string of the molecule is N#CC1(C(O)c2cccc(OC(F)(F)F)c2)CCOC1. The van der Waals surface area contributed by atoms with Gasteiger partial charge in [-0.3, -0.25) is 0 Å². The van der Waals surface area contributed by atoms with Crippen LogP contribution >= 0.6 is 0 Å². The maximum atomic E-state index is 12.2. The van der Waals surface area contributed by atoms with Gasteiger partial charge in [0, 0.05) is 6.61 Å². The summed E-state index contributed by atoms with van der Waals surface area (Å²) in [4.78, 5) is 0. The number of halogens is 3. The van der Waals surface area contributed by atoms with Crippen molar-refractivity contribution in [2.24, 2.45) is 5.41 Å². The first-order chi connectivity index (χ1) is 9.36. The first-order valence-corrected chi connectivity index (χ1v) is 5.89. The Kier molecular flexibility index (Phi) is 3.88. The number of hydrogen-bond donors (Lipinski definition) is 1. The molecule has 1 aliphatic heterocycles. The van der Waals surface area contributed by atoms with E-state index < -0.39 is 23.6 Å². The molecule has 1 saturated heterocycles. The molecule has 1 heterocycles. The minimum atomic E-state index is -4.80. The van der Waals surface area contributed by atoms with Crippen molar-refractivity contribution in [2.45, 2.75) is 18.9 Å². The highest BCUT2D eigenvalue weighted by Crippen LogP contribution is 2.41. The number of aliphatic hydroxyl groups is 1. The van der Waals surface area contributed by atoms with E-state index in [1.807, 2.05) is 6.07 Å². The quantitative estimate of drug-likeness (QED) is 0.928. The van der Waals surface area contributed by atoms with Gasteiger partial charge in [0.25, 0.3) is 0 Å². The van der Waals surface area contributed by atoms with Crippen LogP contribution in [0, 0.1) is 16.7 Å². The summed E-state index contributed by atoms with van der Waals surface area (Å²) >= 11 is 0. The standard InChI is InChI=1S/C13H12F3NO3/c14-13(15,16)20-10-3-1-2-9(6-10)11(18)12(7-17)4-5-19-8-12/h1-3,6,11,18H,4-5,8H2. The normalized spacial score (nSPS) is 24.1. The zero-order valence-corrected chi connectivity index (χ0v) is 10.4. The Morgan fingerprint density at radius 1 is 1.45 bits per heavy atom. The zero-order chi connectivity index (χ0) is 14.8. The summed E-state index contributed by atoms with van der Waals surface area (Å²) in [6.07, 6.45) is -5.70. The monoisotopic (exact) mass is 287 g/mol. The van der Waals surface area contributed by atoms with E-state index in [1.54, 1.807) is 0 Å². The van der Waals surface area contributed by atoms with E-state index in [2.05, 4.69) is 4.74 Å². The molecule has 1 aromatic carbocycles. The summed E-state index contributed by atoms with van der Waals surface area (Å²) in [5.41, 5.74) is -0.935. The van der Waals surface area contributed by atoms with Crippen LogP contribution < -0.4 is 4.74 Å². The number of alkyl halides is 3. The van der Waals surface area contributed by atoms with Gasteiger partial charge in [-0.2, -0.15) is 5.26 Å². The summed E-state index contributed by atoms with van der Waals surface area (Å²) in [7, 11) is 0. The fourth-order valence-corrected chi connectivity index (χ4v) is 2.15. The number of nitriles is 1. The molecule has 1 N–H and O–H groups in total. The Morgan fingerprint density at radius 2 is 2.20 bits per heavy atom. The lowest BCUT2D eigenvalue weighted by Gasteiger charge is -2.26. The van der Waals surface area contributed by atoms with E-state index >= 15 is 0 Å². The summed E-state index contributed by atoms with van der Waals surface area (Å²) in [5.74, 6) is -0.430. The third-order valence-corrected chi connectivity index (χ3v) is 3.21. The largest absolute Gasteiger partial charge is 0.573 e. The Bertz CT molecular complexity index is 518. The zero-order valence-electron chi connectivity index (χ0n) is 10.4. The number of hydrogen-bond acceptors (Lipinski definition) is 4. The minimum absolute atomic E-state index is 0.0506. The second-order valence-corrected chi connectivity index (χ2v) is 4.59. The second kappa shape index (κ2) is 5.31. The summed E-state index contributed by atoms with van der Waals surface area (Å²) in [5, 5.41) is 19.5. The van der Waals surface area contributed by atoms with Gasteiger partial charge in [0.2, 0.25) is 0 Å². The smallest absolute Gasteiger partial charge is 0.406 e. The Hall–Kier alpha value is -1.78. The van der Waals surface area contributed by atoms with Gasteiger partial charge in [0.1, 0.15) is 17.3 Å². The van der Waals surface area contributed by atoms with E-state index in [9.17, 15) is 23.5 Å². The number of nitrogens with zero attached hydrogens (tertiary/aromatic N) is 1. The van der Waals surface area contributed by atoms with Crippen LogP contribution in [0.3, 0.4) is 0 Å². The van der Waals surface area contributed by atoms with Gasteiger partial charge in [0.15, 0.2) is 0 Å². The molecule has 2 unspecified atom stereocenters. The van der Waals surface area contributed by atoms with Crippen LogP contribution in [0.15, 0.2) is 24.3 Å². The molecule has 1 fully saturated rings. The van der Waals surface area contributed by atoms with Crippen molar-refractivity contribution in [2.75, 3.05) is 13.2 Å². The Balaban J connectivity index is 2.25. The lowest BCUT2D eigenvalue weighted by Crippen LogP contribution is -2.28. The van der Waals surface area contributed by atoms with Crippen LogP contribution in [0.4, 0.5) is 13.2 Å². The van der Waals surface area contributed by atoms with E-state index in [1.165, 1.54) is 12.1 Å². The topological polar surface area (TPSA) is 62.5 Å². The first-order valence-electron chi connectivity index (χ1n) is 5.89. The van der Waals surface area contributed by atoms with Crippen molar-refractivity contribution in [3.63, 3.8) is 0 Å². The first kappa shape index (κ1) is 14.6. The van der Waals surface area contributed by atoms with E-state index in [0.29, 0.717) is 13.0 Å². The number of benzene rings is 1. The molecule has 4 nitrogen and oxygen atoms in total. The highest BCUT2D eigenvalue weighted by molar-refractivity contribution is 5.32. The molecule has 0 aliphatic carbocycles. The molecule has 108 valence electrons. The van der Waals surface area contributed by atoms with Gasteiger partial charge >= 0.3 is 6.36 Å². The maximum absolute atomic E-state index is 12.2. The minimum Gasteiger partial charge on any atom is -0.406 e. The van der Waals surface area contributed by atoms with Crippen molar-refractivity contribution < 1.29 is 27.8 Å². The molecule has 0 amide bonds. The molecule has 1 aliphatic rings. The lowest BCUT2D eigenvalue weighted by molar-refractivity contribution is -0.274. The fraction of sp³-hybridized carbons (Fsp3) is 0.462. The highest BCUT2D eigenvalue weighted by atomic mass is 19.4. The Labute approximate surface area is 113 Å². The average Bonchev–Trinajstić information content (AvgIpc) is 2.86. The number of aliphatic hydroxyl groups excluding tert-OH is 1. The predicted molar refractivity (Wildman–Crippen MR) is 61.6 cm³/mol. The maximum Gasteiger partial charge on any atom is 0.573 e. The van der Waals surface area contributed by atoms with Crippen LogP contribution in [0.25, 0.3) is 0 Å². The molecule has 0 aromatic heterocycles. The van der Waals surface area contributed by atoms with E-state index in [4.69, 9.17) is 4.74 Å². The van der Waals surface area contributed by atoms with Crippen molar-refractivity contribution in [1.29, 1.82) is 5.26 Å². The predicted octanol–water partition coefficient (Wildman–Crippen LogP) is 2.55. The molecule has 0 spiro atoms. The van der Waals surface area contributed by atoms with Gasteiger partial charge in [-0.1, -0.05) is 12.1 Å². The van der Waals surface area contributed by atoms with Gasteiger partial charge in [-0.25, -0.2) is 0 Å². The van der Waals surface area contributed by atoms with Gasteiger partial charge < -0.3 is 14.6 Å². The van der Waals surface area contributed by atoms with E-state index in [-0.39, 0.29) is 12.2 Å². The summed E-state index contributed by atoms with van der Waals surface area (Å²) in [6, 6.07) is 7.00. The van der Waals surface area contributed by atoms with Gasteiger partial charge in [0.05, 0.1) is 12.7 Å². The number of ether oxygens (including phenoxy) is 2. The number of rotatable bonds is 3. The molecule has 2 rings (SSSR count). The van der Waals surface area contributed by atoms with Crippen LogP contribution in [0.2, 0.25) is 0 Å². The van der Waals surface area contributed by atoms with Crippen molar-refractivity contribution in [3.8, 4) is 11.8 Å². The fourth-order valence-electron chi connectivity index (χ4n) is 2.15. The molecular weight excluding hydrogens is 275 g/mol. The van der Waals surface area contributed by atoms with Crippen LogP contribution in [-0.2, 0) is 4.74 Å². The van der Waals surface area contributed by atoms with Crippen LogP contribution in [-0.4, -0.2) is 24.7 Å². The van der Waals surface area contributed by atoms with Gasteiger partial charge in [-0.05, 0) is 24.1 Å². The molecule has 0 saturated carbocycles. The molecule has 7 heteroatoms. The highest BCUT2D eigenvalue weighted by Gasteiger charge is 2.43. The third kappa shape index (κ3) is 3.03.